The zero-order valence-electron chi connectivity index (χ0n) is 9.88. The van der Waals surface area contributed by atoms with Crippen molar-refractivity contribution in [1.29, 1.82) is 0 Å². The predicted octanol–water partition coefficient (Wildman–Crippen LogP) is 1.48. The van der Waals surface area contributed by atoms with E-state index in [0.29, 0.717) is 11.1 Å². The van der Waals surface area contributed by atoms with Gasteiger partial charge in [0.2, 0.25) is 0 Å². The second-order valence-electron chi connectivity index (χ2n) is 3.79. The first-order chi connectivity index (χ1) is 8.40. The van der Waals surface area contributed by atoms with Gasteiger partial charge in [-0.1, -0.05) is 12.1 Å². The molecule has 0 aromatic heterocycles. The van der Waals surface area contributed by atoms with Crippen LogP contribution in [-0.2, 0) is 20.1 Å². The standard InChI is InChI=1S/C9H11F2NO5S2/c1-6-4-3-5-8(7(6)2)12-18(13,14)9(10,11)19(15,16)17/h3-5,12H,1-2H3,(H,15,16,17). The first-order valence-corrected chi connectivity index (χ1v) is 7.76. The van der Waals surface area contributed by atoms with Crippen molar-refractivity contribution in [2.75, 3.05) is 4.72 Å². The van der Waals surface area contributed by atoms with Crippen LogP contribution in [0.2, 0.25) is 0 Å². The van der Waals surface area contributed by atoms with E-state index in [-0.39, 0.29) is 5.69 Å². The third kappa shape index (κ3) is 2.85. The van der Waals surface area contributed by atoms with Crippen LogP contribution in [0.5, 0.6) is 0 Å². The fourth-order valence-corrected chi connectivity index (χ4v) is 3.07. The number of halogens is 2. The maximum atomic E-state index is 13.1. The van der Waals surface area contributed by atoms with Gasteiger partial charge in [-0.3, -0.25) is 9.27 Å². The molecular formula is C9H11F2NO5S2. The van der Waals surface area contributed by atoms with Gasteiger partial charge < -0.3 is 0 Å². The van der Waals surface area contributed by atoms with Gasteiger partial charge in [0.1, 0.15) is 0 Å². The number of nitrogens with one attached hydrogen (secondary N) is 1. The average Bonchev–Trinajstić information content (AvgIpc) is 2.22. The fourth-order valence-electron chi connectivity index (χ4n) is 1.20. The summed E-state index contributed by atoms with van der Waals surface area (Å²) in [6.07, 6.45) is 0. The van der Waals surface area contributed by atoms with Gasteiger partial charge in [0.15, 0.2) is 0 Å². The minimum absolute atomic E-state index is 0.191. The quantitative estimate of drug-likeness (QED) is 0.820. The van der Waals surface area contributed by atoms with E-state index in [9.17, 15) is 25.6 Å². The van der Waals surface area contributed by atoms with Crippen molar-refractivity contribution in [3.8, 4) is 0 Å². The molecular weight excluding hydrogens is 304 g/mol. The molecule has 0 radical (unpaired) electrons. The number of sulfonamides is 1. The van der Waals surface area contributed by atoms with Crippen molar-refractivity contribution in [2.45, 2.75) is 18.4 Å². The number of aryl methyl sites for hydroxylation is 1. The summed E-state index contributed by atoms with van der Waals surface area (Å²) < 4.78 is 74.2. The number of anilines is 1. The van der Waals surface area contributed by atoms with Crippen molar-refractivity contribution in [1.82, 2.24) is 0 Å². The lowest BCUT2D eigenvalue weighted by atomic mass is 10.1. The van der Waals surface area contributed by atoms with Crippen molar-refractivity contribution in [2.24, 2.45) is 0 Å². The van der Waals surface area contributed by atoms with Gasteiger partial charge in [0, 0.05) is 0 Å². The molecule has 0 aliphatic carbocycles. The van der Waals surface area contributed by atoms with Crippen molar-refractivity contribution in [3.63, 3.8) is 0 Å². The molecule has 1 aromatic rings. The Morgan fingerprint density at radius 1 is 1.16 bits per heavy atom. The molecule has 0 atom stereocenters. The zero-order chi connectivity index (χ0) is 15.1. The Balaban J connectivity index is 3.29. The second-order valence-corrected chi connectivity index (χ2v) is 7.24. The molecule has 1 aromatic carbocycles. The van der Waals surface area contributed by atoms with E-state index in [1.165, 1.54) is 23.8 Å². The lowest BCUT2D eigenvalue weighted by Gasteiger charge is -2.16. The number of rotatable bonds is 4. The van der Waals surface area contributed by atoms with E-state index >= 15 is 0 Å². The molecule has 0 aliphatic rings. The molecule has 2 N–H and O–H groups in total. The first-order valence-electron chi connectivity index (χ1n) is 4.83. The van der Waals surface area contributed by atoms with Gasteiger partial charge in [-0.15, -0.1) is 0 Å². The molecule has 0 fully saturated rings. The topological polar surface area (TPSA) is 101 Å². The number of hydrogen-bond acceptors (Lipinski definition) is 4. The van der Waals surface area contributed by atoms with E-state index in [0.717, 1.165) is 0 Å². The van der Waals surface area contributed by atoms with E-state index < -0.39 is 24.7 Å². The SMILES string of the molecule is Cc1cccc(NS(=O)(=O)C(F)(F)S(=O)(=O)O)c1C. The highest BCUT2D eigenvalue weighted by molar-refractivity contribution is 8.08. The van der Waals surface area contributed by atoms with Crippen LogP contribution in [0, 0.1) is 13.8 Å². The monoisotopic (exact) mass is 315 g/mol. The summed E-state index contributed by atoms with van der Waals surface area (Å²) in [5, 5.41) is 0. The van der Waals surface area contributed by atoms with Crippen LogP contribution in [0.3, 0.4) is 0 Å². The number of alkyl halides is 2. The van der Waals surface area contributed by atoms with Crippen LogP contribution in [0.25, 0.3) is 0 Å². The van der Waals surface area contributed by atoms with Gasteiger partial charge in [-0.05, 0) is 31.0 Å². The van der Waals surface area contributed by atoms with Gasteiger partial charge in [-0.25, -0.2) is 0 Å². The summed E-state index contributed by atoms with van der Waals surface area (Å²) in [7, 11) is -11.7. The normalized spacial score (nSPS) is 13.3. The zero-order valence-corrected chi connectivity index (χ0v) is 11.5. The van der Waals surface area contributed by atoms with Crippen molar-refractivity contribution >= 4 is 25.8 Å². The maximum absolute atomic E-state index is 13.1. The summed E-state index contributed by atoms with van der Waals surface area (Å²) in [6.45, 7) is 3.09. The van der Waals surface area contributed by atoms with Gasteiger partial charge in [-0.2, -0.15) is 25.6 Å². The molecule has 0 saturated carbocycles. The van der Waals surface area contributed by atoms with Crippen LogP contribution in [0.15, 0.2) is 18.2 Å². The minimum Gasteiger partial charge on any atom is -0.280 e. The Morgan fingerprint density at radius 2 is 1.68 bits per heavy atom. The Hall–Kier alpha value is -1.26. The van der Waals surface area contributed by atoms with Crippen LogP contribution in [0.4, 0.5) is 14.5 Å². The molecule has 10 heteroatoms. The van der Waals surface area contributed by atoms with Gasteiger partial charge >= 0.3 is 24.7 Å². The van der Waals surface area contributed by atoms with E-state index in [4.69, 9.17) is 4.55 Å². The van der Waals surface area contributed by atoms with Crippen molar-refractivity contribution < 1.29 is 30.2 Å². The van der Waals surface area contributed by atoms with Crippen molar-refractivity contribution in [3.05, 3.63) is 29.3 Å². The van der Waals surface area contributed by atoms with Crippen LogP contribution in [0.1, 0.15) is 11.1 Å². The highest BCUT2D eigenvalue weighted by Gasteiger charge is 2.57. The smallest absolute Gasteiger partial charge is 0.280 e. The van der Waals surface area contributed by atoms with Crippen LogP contribution < -0.4 is 4.72 Å². The highest BCUT2D eigenvalue weighted by Crippen LogP contribution is 2.30. The molecule has 0 saturated heterocycles. The van der Waals surface area contributed by atoms with Gasteiger partial charge in [0.05, 0.1) is 5.69 Å². The molecule has 6 nitrogen and oxygen atoms in total. The largest absolute Gasteiger partial charge is 0.489 e. The predicted molar refractivity (Wildman–Crippen MR) is 65.0 cm³/mol. The third-order valence-electron chi connectivity index (χ3n) is 2.46. The lowest BCUT2D eigenvalue weighted by molar-refractivity contribution is 0.167. The van der Waals surface area contributed by atoms with E-state index in [1.54, 1.807) is 13.0 Å². The summed E-state index contributed by atoms with van der Waals surface area (Å²) in [6, 6.07) is 4.22. The van der Waals surface area contributed by atoms with Gasteiger partial charge in [0.25, 0.3) is 0 Å². The molecule has 0 bridgehead atoms. The van der Waals surface area contributed by atoms with E-state index in [2.05, 4.69) is 0 Å². The molecule has 0 unspecified atom stereocenters. The molecule has 0 amide bonds. The van der Waals surface area contributed by atoms with Crippen LogP contribution >= 0.6 is 0 Å². The third-order valence-corrected chi connectivity index (χ3v) is 5.47. The number of benzene rings is 1. The van der Waals surface area contributed by atoms with E-state index in [1.807, 2.05) is 0 Å². The Kier molecular flexibility index (Phi) is 3.90. The Bertz CT molecular complexity index is 697. The summed E-state index contributed by atoms with van der Waals surface area (Å²) in [5.74, 6) is 0. The molecule has 0 spiro atoms. The minimum atomic E-state index is -6.09. The summed E-state index contributed by atoms with van der Waals surface area (Å²) in [5.41, 5.74) is 0.788. The summed E-state index contributed by atoms with van der Waals surface area (Å²) in [4.78, 5) is 0. The van der Waals surface area contributed by atoms with Crippen LogP contribution in [-0.4, -0.2) is 26.0 Å². The first kappa shape index (κ1) is 15.8. The number of hydrogen-bond donors (Lipinski definition) is 2. The molecule has 19 heavy (non-hydrogen) atoms. The highest BCUT2D eigenvalue weighted by atomic mass is 32.3. The molecule has 0 heterocycles. The fraction of sp³-hybridized carbons (Fsp3) is 0.333. The second kappa shape index (κ2) is 4.69. The lowest BCUT2D eigenvalue weighted by Crippen LogP contribution is -2.41. The summed E-state index contributed by atoms with van der Waals surface area (Å²) >= 11 is 0. The molecule has 108 valence electrons. The molecule has 0 aliphatic heterocycles. The molecule has 1 rings (SSSR count). The Morgan fingerprint density at radius 3 is 2.16 bits per heavy atom. The maximum Gasteiger partial charge on any atom is 0.489 e. The Labute approximate surface area is 109 Å². The average molecular weight is 315 g/mol.